The van der Waals surface area contributed by atoms with Gasteiger partial charge in [0, 0.05) is 37.0 Å². The predicted molar refractivity (Wildman–Crippen MR) is 336 cm³/mol. The standard InChI is InChI=1S/C69H117NO12S/c1-5-9-13-17-21-25-29-33-37-49-60(71)78-54-59-64(80-61(72)50-38-34-30-26-22-18-14-10-6-2)65(81-62(73)51-39-35-31-27-23-19-15-11-7-3)66(82-63(74)52-40-36-32-28-24-20-16-12-8-4)69(79-59)83-56-46-42-41-45-55(53-56)70-67(75)57-47-43-44-48-58(57)68(76)77/h43-44,47-48,55-56,59,64-66,69H,5-42,45-46,49-54H2,1-4H3,(H,70,75)(H,76,77)/t55?,56?,59-,64+,65+,66-,69+/m1/s1. The van der Waals surface area contributed by atoms with Gasteiger partial charge in [-0.3, -0.25) is 24.0 Å². The van der Waals surface area contributed by atoms with Crippen LogP contribution >= 0.6 is 11.8 Å². The molecule has 14 heteroatoms. The van der Waals surface area contributed by atoms with Gasteiger partial charge in [0.15, 0.2) is 18.3 Å². The molecule has 1 aromatic rings. The largest absolute Gasteiger partial charge is 0.478 e. The van der Waals surface area contributed by atoms with Crippen molar-refractivity contribution >= 4 is 47.5 Å². The summed E-state index contributed by atoms with van der Waals surface area (Å²) < 4.78 is 32.5. The van der Waals surface area contributed by atoms with Crippen LogP contribution in [0.3, 0.4) is 0 Å². The minimum Gasteiger partial charge on any atom is -0.478 e. The number of carboxylic acid groups (broad SMARTS) is 1. The summed E-state index contributed by atoms with van der Waals surface area (Å²) in [6.45, 7) is 8.60. The molecule has 0 spiro atoms. The number of nitrogens with one attached hydrogen (secondary N) is 1. The van der Waals surface area contributed by atoms with Crippen LogP contribution in [0.2, 0.25) is 0 Å². The van der Waals surface area contributed by atoms with Crippen molar-refractivity contribution in [3.8, 4) is 0 Å². The topological polar surface area (TPSA) is 181 Å². The Bertz CT molecular complexity index is 1880. The lowest BCUT2D eigenvalue weighted by atomic mass is 9.98. The maximum absolute atomic E-state index is 14.3. The minimum absolute atomic E-state index is 0.0751. The summed E-state index contributed by atoms with van der Waals surface area (Å²) in [7, 11) is 0. The highest BCUT2D eigenvalue weighted by molar-refractivity contribution is 8.00. The third-order valence-electron chi connectivity index (χ3n) is 16.7. The van der Waals surface area contributed by atoms with Crippen molar-refractivity contribution in [3.05, 3.63) is 35.4 Å². The normalized spacial score (nSPS) is 19.8. The summed E-state index contributed by atoms with van der Waals surface area (Å²) in [6.07, 6.45) is 38.5. The van der Waals surface area contributed by atoms with Gasteiger partial charge in [-0.15, -0.1) is 11.8 Å². The number of carboxylic acids is 1. The fraction of sp³-hybridized carbons (Fsp3) is 0.826. The van der Waals surface area contributed by atoms with E-state index in [1.807, 2.05) is 0 Å². The number of hydrogen-bond acceptors (Lipinski definition) is 12. The van der Waals surface area contributed by atoms with Gasteiger partial charge in [0.05, 0.1) is 11.1 Å². The third-order valence-corrected chi connectivity index (χ3v) is 18.1. The number of esters is 4. The molecular formula is C69H117NO12S. The second-order valence-corrected chi connectivity index (χ2v) is 25.6. The average molecular weight is 1180 g/mol. The van der Waals surface area contributed by atoms with Crippen molar-refractivity contribution in [1.29, 1.82) is 0 Å². The number of carbonyl (C=O) groups excluding carboxylic acids is 5. The van der Waals surface area contributed by atoms with Gasteiger partial charge >= 0.3 is 29.8 Å². The molecule has 0 aromatic heterocycles. The monoisotopic (exact) mass is 1180 g/mol. The quantitative estimate of drug-likeness (QED) is 0.0272. The minimum atomic E-state index is -1.26. The van der Waals surface area contributed by atoms with Crippen LogP contribution < -0.4 is 5.32 Å². The summed E-state index contributed by atoms with van der Waals surface area (Å²) in [5, 5.41) is 12.9. The van der Waals surface area contributed by atoms with E-state index in [0.29, 0.717) is 38.5 Å². The molecule has 1 aromatic carbocycles. The molecule has 13 nitrogen and oxygen atoms in total. The van der Waals surface area contributed by atoms with Crippen molar-refractivity contribution in [2.24, 2.45) is 0 Å². The molecule has 1 aliphatic carbocycles. The van der Waals surface area contributed by atoms with E-state index >= 15 is 0 Å². The number of ether oxygens (including phenoxy) is 5. The highest BCUT2D eigenvalue weighted by Gasteiger charge is 2.53. The molecule has 2 N–H and O–H groups in total. The number of thioether (sulfide) groups is 1. The summed E-state index contributed by atoms with van der Waals surface area (Å²) in [6, 6.07) is 5.88. The van der Waals surface area contributed by atoms with Crippen LogP contribution in [0.15, 0.2) is 24.3 Å². The van der Waals surface area contributed by atoms with Crippen molar-refractivity contribution in [2.75, 3.05) is 6.61 Å². The van der Waals surface area contributed by atoms with Crippen molar-refractivity contribution in [1.82, 2.24) is 5.32 Å². The highest BCUT2D eigenvalue weighted by Crippen LogP contribution is 2.40. The summed E-state index contributed by atoms with van der Waals surface area (Å²) >= 11 is 1.44. The molecule has 83 heavy (non-hydrogen) atoms. The van der Waals surface area contributed by atoms with E-state index in [4.69, 9.17) is 23.7 Å². The Morgan fingerprint density at radius 3 is 1.25 bits per heavy atom. The van der Waals surface area contributed by atoms with Crippen LogP contribution in [0.5, 0.6) is 0 Å². The molecule has 2 fully saturated rings. The first kappa shape index (κ1) is 73.6. The molecule has 2 unspecified atom stereocenters. The second kappa shape index (κ2) is 48.5. The van der Waals surface area contributed by atoms with Gasteiger partial charge in [-0.1, -0.05) is 258 Å². The Balaban J connectivity index is 1.96. The van der Waals surface area contributed by atoms with Crippen LogP contribution in [0.25, 0.3) is 0 Å². The molecule has 7 atom stereocenters. The SMILES string of the molecule is CCCCCCCCCCCC(=O)OC[C@H]1O[C@@H](SC2CCCCC(NC(=O)c3ccccc3C(=O)O)C2)[C@H](OC(=O)CCCCCCCCCCC)[C@@H](OC(=O)CCCCCCCCCCC)[C@H]1OC(=O)CCCCCCCCCCC. The lowest BCUT2D eigenvalue weighted by Crippen LogP contribution is -2.62. The molecule has 3 rings (SSSR count). The first-order valence-corrected chi connectivity index (χ1v) is 35.1. The molecule has 2 aliphatic rings. The highest BCUT2D eigenvalue weighted by atomic mass is 32.2. The Morgan fingerprint density at radius 1 is 0.470 bits per heavy atom. The summed E-state index contributed by atoms with van der Waals surface area (Å²) in [5.74, 6) is -3.46. The van der Waals surface area contributed by atoms with Crippen LogP contribution in [-0.2, 0) is 42.9 Å². The zero-order valence-electron chi connectivity index (χ0n) is 52.7. The molecule has 1 amide bonds. The fourth-order valence-corrected chi connectivity index (χ4v) is 13.2. The van der Waals surface area contributed by atoms with Crippen molar-refractivity contribution in [3.63, 3.8) is 0 Å². The Morgan fingerprint density at radius 2 is 0.831 bits per heavy atom. The molecular weight excluding hydrogens is 1070 g/mol. The Kier molecular flexibility index (Phi) is 43.0. The first-order valence-electron chi connectivity index (χ1n) is 34.2. The maximum atomic E-state index is 14.3. The average Bonchev–Trinajstić information content (AvgIpc) is 3.90. The van der Waals surface area contributed by atoms with E-state index < -0.39 is 59.6 Å². The zero-order chi connectivity index (χ0) is 60.0. The smallest absolute Gasteiger partial charge is 0.336 e. The number of unbranched alkanes of at least 4 members (excludes halogenated alkanes) is 32. The molecule has 0 radical (unpaired) electrons. The van der Waals surface area contributed by atoms with Gasteiger partial charge in [-0.2, -0.15) is 0 Å². The fourth-order valence-electron chi connectivity index (χ4n) is 11.6. The lowest BCUT2D eigenvalue weighted by molar-refractivity contribution is -0.239. The van der Waals surface area contributed by atoms with Crippen LogP contribution in [0.1, 0.15) is 337 Å². The van der Waals surface area contributed by atoms with Crippen molar-refractivity contribution < 1.29 is 57.6 Å². The molecule has 1 aliphatic heterocycles. The van der Waals surface area contributed by atoms with E-state index in [0.717, 1.165) is 96.3 Å². The summed E-state index contributed by atoms with van der Waals surface area (Å²) in [5.41, 5.74) is -0.925. The van der Waals surface area contributed by atoms with Gasteiger partial charge in [0.1, 0.15) is 18.1 Å². The first-order chi connectivity index (χ1) is 40.5. The van der Waals surface area contributed by atoms with E-state index in [2.05, 4.69) is 33.0 Å². The van der Waals surface area contributed by atoms with Crippen LogP contribution in [0, 0.1) is 0 Å². The van der Waals surface area contributed by atoms with Gasteiger partial charge in [-0.05, 0) is 57.1 Å². The summed E-state index contributed by atoms with van der Waals surface area (Å²) in [4.78, 5) is 82.1. The van der Waals surface area contributed by atoms with E-state index in [1.54, 1.807) is 12.1 Å². The van der Waals surface area contributed by atoms with Gasteiger partial charge in [0.25, 0.3) is 5.91 Å². The molecule has 0 bridgehead atoms. The molecule has 1 heterocycles. The van der Waals surface area contributed by atoms with Gasteiger partial charge < -0.3 is 34.1 Å². The molecule has 1 saturated carbocycles. The van der Waals surface area contributed by atoms with E-state index in [9.17, 15) is 33.9 Å². The Labute approximate surface area is 507 Å². The lowest BCUT2D eigenvalue weighted by Gasteiger charge is -2.45. The van der Waals surface area contributed by atoms with Crippen LogP contribution in [0.4, 0.5) is 0 Å². The number of amides is 1. The number of hydrogen-bond donors (Lipinski definition) is 2. The molecule has 476 valence electrons. The molecule has 1 saturated heterocycles. The van der Waals surface area contributed by atoms with Gasteiger partial charge in [-0.25, -0.2) is 4.79 Å². The van der Waals surface area contributed by atoms with E-state index in [-0.39, 0.29) is 60.7 Å². The van der Waals surface area contributed by atoms with Crippen LogP contribution in [-0.4, -0.2) is 88.6 Å². The number of carbonyl (C=O) groups is 6. The third kappa shape index (κ3) is 34.3. The number of rotatable bonds is 50. The second-order valence-electron chi connectivity index (χ2n) is 24.2. The van der Waals surface area contributed by atoms with Gasteiger partial charge in [0.2, 0.25) is 0 Å². The Hall–Kier alpha value is -3.65. The van der Waals surface area contributed by atoms with E-state index in [1.165, 1.54) is 152 Å². The maximum Gasteiger partial charge on any atom is 0.336 e. The zero-order valence-corrected chi connectivity index (χ0v) is 53.5. The predicted octanol–water partition coefficient (Wildman–Crippen LogP) is 18.2. The number of benzene rings is 1. The number of aromatic carboxylic acids is 1. The van der Waals surface area contributed by atoms with Crippen molar-refractivity contribution in [2.45, 2.75) is 358 Å².